The topological polar surface area (TPSA) is 67.9 Å². The summed E-state index contributed by atoms with van der Waals surface area (Å²) in [5.41, 5.74) is 0.962. The van der Waals surface area contributed by atoms with Crippen molar-refractivity contribution in [2.75, 3.05) is 26.8 Å². The summed E-state index contributed by atoms with van der Waals surface area (Å²) in [7, 11) is 1.62. The fraction of sp³-hybridized carbons (Fsp3) is 0.579. The number of benzene rings is 1. The molecule has 0 bridgehead atoms. The van der Waals surface area contributed by atoms with Gasteiger partial charge >= 0.3 is 0 Å². The fourth-order valence-corrected chi connectivity index (χ4v) is 3.43. The van der Waals surface area contributed by atoms with Gasteiger partial charge in [0, 0.05) is 25.7 Å². The van der Waals surface area contributed by atoms with Gasteiger partial charge in [-0.2, -0.15) is 0 Å². The van der Waals surface area contributed by atoms with Crippen molar-refractivity contribution < 1.29 is 19.1 Å². The monoisotopic (exact) mass is 346 g/mol. The summed E-state index contributed by atoms with van der Waals surface area (Å²) in [4.78, 5) is 26.4. The minimum atomic E-state index is -0.249. The molecule has 2 fully saturated rings. The summed E-state index contributed by atoms with van der Waals surface area (Å²) < 4.78 is 10.6. The second-order valence-corrected chi connectivity index (χ2v) is 6.69. The first kappa shape index (κ1) is 17.7. The Bertz CT molecular complexity index is 588. The predicted octanol–water partition coefficient (Wildman–Crippen LogP) is 1.52. The van der Waals surface area contributed by atoms with Gasteiger partial charge in [-0.15, -0.1) is 0 Å². The number of methoxy groups -OCH3 is 1. The molecular weight excluding hydrogens is 320 g/mol. The predicted molar refractivity (Wildman–Crippen MR) is 93.4 cm³/mol. The molecule has 2 aliphatic rings. The van der Waals surface area contributed by atoms with E-state index in [1.54, 1.807) is 7.11 Å². The molecule has 1 N–H and O–H groups in total. The van der Waals surface area contributed by atoms with E-state index in [9.17, 15) is 9.59 Å². The molecule has 6 nitrogen and oxygen atoms in total. The number of ether oxygens (including phenoxy) is 2. The quantitative estimate of drug-likeness (QED) is 0.878. The van der Waals surface area contributed by atoms with E-state index < -0.39 is 0 Å². The van der Waals surface area contributed by atoms with Crippen molar-refractivity contribution in [1.29, 1.82) is 0 Å². The zero-order chi connectivity index (χ0) is 17.6. The van der Waals surface area contributed by atoms with E-state index in [0.29, 0.717) is 26.1 Å². The van der Waals surface area contributed by atoms with Crippen molar-refractivity contribution in [2.24, 2.45) is 0 Å². The van der Waals surface area contributed by atoms with Gasteiger partial charge in [0.1, 0.15) is 11.9 Å². The van der Waals surface area contributed by atoms with Crippen molar-refractivity contribution in [3.05, 3.63) is 29.8 Å². The summed E-state index contributed by atoms with van der Waals surface area (Å²) in [6.45, 7) is 2.06. The van der Waals surface area contributed by atoms with Gasteiger partial charge in [0.05, 0.1) is 13.5 Å². The van der Waals surface area contributed by atoms with Gasteiger partial charge in [0.25, 0.3) is 5.91 Å². The van der Waals surface area contributed by atoms with E-state index in [0.717, 1.165) is 37.0 Å². The lowest BCUT2D eigenvalue weighted by Crippen LogP contribution is -2.49. The van der Waals surface area contributed by atoms with Crippen LogP contribution in [-0.4, -0.2) is 55.7 Å². The van der Waals surface area contributed by atoms with Crippen molar-refractivity contribution in [3.8, 4) is 5.75 Å². The molecule has 136 valence electrons. The Morgan fingerprint density at radius 3 is 2.52 bits per heavy atom. The van der Waals surface area contributed by atoms with Crippen LogP contribution in [0.3, 0.4) is 0 Å². The highest BCUT2D eigenvalue weighted by molar-refractivity contribution is 5.81. The lowest BCUT2D eigenvalue weighted by molar-refractivity contribution is -0.142. The highest BCUT2D eigenvalue weighted by atomic mass is 16.5. The molecule has 0 saturated carbocycles. The minimum absolute atomic E-state index is 0.0223. The lowest BCUT2D eigenvalue weighted by atomic mass is 10.0. The first-order chi connectivity index (χ1) is 12.2. The SMILES string of the molecule is COc1ccc(CC(=O)NC2CCN(C(=O)C3CCCO3)CC2)cc1. The number of carbonyl (C=O) groups is 2. The number of carbonyl (C=O) groups excluding carboxylic acids is 2. The maximum Gasteiger partial charge on any atom is 0.251 e. The van der Waals surface area contributed by atoms with Gasteiger partial charge in [0.2, 0.25) is 5.91 Å². The van der Waals surface area contributed by atoms with Crippen molar-refractivity contribution in [3.63, 3.8) is 0 Å². The van der Waals surface area contributed by atoms with Crippen LogP contribution in [0.15, 0.2) is 24.3 Å². The molecule has 0 aromatic heterocycles. The zero-order valence-electron chi connectivity index (χ0n) is 14.7. The maximum absolute atomic E-state index is 12.3. The molecule has 0 radical (unpaired) electrons. The molecule has 0 aliphatic carbocycles. The summed E-state index contributed by atoms with van der Waals surface area (Å²) in [6.07, 6.45) is 3.51. The smallest absolute Gasteiger partial charge is 0.251 e. The van der Waals surface area contributed by atoms with Gasteiger partial charge in [-0.3, -0.25) is 9.59 Å². The lowest BCUT2D eigenvalue weighted by Gasteiger charge is -2.33. The maximum atomic E-state index is 12.3. The Morgan fingerprint density at radius 2 is 1.92 bits per heavy atom. The molecule has 1 aromatic carbocycles. The summed E-state index contributed by atoms with van der Waals surface area (Å²) in [5, 5.41) is 3.09. The number of piperidine rings is 1. The summed E-state index contributed by atoms with van der Waals surface area (Å²) in [5.74, 6) is 0.919. The van der Waals surface area contributed by atoms with E-state index in [4.69, 9.17) is 9.47 Å². The molecule has 2 heterocycles. The van der Waals surface area contributed by atoms with Crippen LogP contribution < -0.4 is 10.1 Å². The number of likely N-dealkylation sites (tertiary alicyclic amines) is 1. The van der Waals surface area contributed by atoms with Gasteiger partial charge in [-0.05, 0) is 43.4 Å². The fourth-order valence-electron chi connectivity index (χ4n) is 3.43. The van der Waals surface area contributed by atoms with Crippen LogP contribution in [0.4, 0.5) is 0 Å². The van der Waals surface area contributed by atoms with Gasteiger partial charge in [0.15, 0.2) is 0 Å². The number of nitrogens with one attached hydrogen (secondary N) is 1. The average Bonchev–Trinajstić information content (AvgIpc) is 3.17. The molecule has 2 saturated heterocycles. The number of hydrogen-bond acceptors (Lipinski definition) is 4. The number of nitrogens with zero attached hydrogens (tertiary/aromatic N) is 1. The van der Waals surface area contributed by atoms with Gasteiger partial charge in [-0.1, -0.05) is 12.1 Å². The van der Waals surface area contributed by atoms with E-state index in [1.807, 2.05) is 29.2 Å². The molecule has 1 aromatic rings. The van der Waals surface area contributed by atoms with E-state index >= 15 is 0 Å². The number of rotatable bonds is 5. The first-order valence-electron chi connectivity index (χ1n) is 8.98. The van der Waals surface area contributed by atoms with E-state index in [1.165, 1.54) is 0 Å². The standard InChI is InChI=1S/C19H26N2O4/c1-24-16-6-4-14(5-7-16)13-18(22)20-15-8-10-21(11-9-15)19(23)17-3-2-12-25-17/h4-7,15,17H,2-3,8-13H2,1H3,(H,20,22). The third-order valence-corrected chi connectivity index (χ3v) is 4.90. The molecule has 6 heteroatoms. The average molecular weight is 346 g/mol. The molecule has 1 atom stereocenters. The van der Waals surface area contributed by atoms with Crippen LogP contribution >= 0.6 is 0 Å². The molecule has 1 unspecified atom stereocenters. The van der Waals surface area contributed by atoms with Crippen LogP contribution in [0.25, 0.3) is 0 Å². The third kappa shape index (κ3) is 4.72. The largest absolute Gasteiger partial charge is 0.497 e. The Balaban J connectivity index is 1.41. The molecule has 2 aliphatic heterocycles. The highest BCUT2D eigenvalue weighted by Gasteiger charge is 2.31. The van der Waals surface area contributed by atoms with Gasteiger partial charge < -0.3 is 19.7 Å². The van der Waals surface area contributed by atoms with E-state index in [-0.39, 0.29) is 24.0 Å². The Hall–Kier alpha value is -2.08. The van der Waals surface area contributed by atoms with Crippen LogP contribution in [-0.2, 0) is 20.7 Å². The second kappa shape index (κ2) is 8.34. The Kier molecular flexibility index (Phi) is 5.91. The number of amides is 2. The van der Waals surface area contributed by atoms with Crippen molar-refractivity contribution >= 4 is 11.8 Å². The van der Waals surface area contributed by atoms with Crippen molar-refractivity contribution in [1.82, 2.24) is 10.2 Å². The normalized spacial score (nSPS) is 21.2. The van der Waals surface area contributed by atoms with Crippen LogP contribution in [0.2, 0.25) is 0 Å². The molecule has 0 spiro atoms. The minimum Gasteiger partial charge on any atom is -0.497 e. The Labute approximate surface area is 148 Å². The van der Waals surface area contributed by atoms with Crippen LogP contribution in [0.5, 0.6) is 5.75 Å². The molecule has 3 rings (SSSR count). The number of hydrogen-bond donors (Lipinski definition) is 1. The van der Waals surface area contributed by atoms with E-state index in [2.05, 4.69) is 5.32 Å². The third-order valence-electron chi connectivity index (χ3n) is 4.90. The Morgan fingerprint density at radius 1 is 1.20 bits per heavy atom. The van der Waals surface area contributed by atoms with Crippen LogP contribution in [0.1, 0.15) is 31.2 Å². The highest BCUT2D eigenvalue weighted by Crippen LogP contribution is 2.18. The van der Waals surface area contributed by atoms with Crippen molar-refractivity contribution in [2.45, 2.75) is 44.2 Å². The second-order valence-electron chi connectivity index (χ2n) is 6.69. The molecule has 25 heavy (non-hydrogen) atoms. The summed E-state index contributed by atoms with van der Waals surface area (Å²) >= 11 is 0. The summed E-state index contributed by atoms with van der Waals surface area (Å²) in [6, 6.07) is 7.66. The van der Waals surface area contributed by atoms with Gasteiger partial charge in [-0.25, -0.2) is 0 Å². The van der Waals surface area contributed by atoms with Crippen LogP contribution in [0, 0.1) is 0 Å². The zero-order valence-corrected chi connectivity index (χ0v) is 14.7. The molecular formula is C19H26N2O4. The first-order valence-corrected chi connectivity index (χ1v) is 8.98. The molecule has 2 amide bonds.